The Morgan fingerprint density at radius 3 is 2.41 bits per heavy atom. The van der Waals surface area contributed by atoms with Gasteiger partial charge in [-0.15, -0.1) is 0 Å². The highest BCUT2D eigenvalue weighted by Crippen LogP contribution is 2.28. The van der Waals surface area contributed by atoms with Gasteiger partial charge in [0, 0.05) is 10.9 Å². The molecule has 0 aliphatic carbocycles. The minimum atomic E-state index is -0.162. The first-order valence-corrected chi connectivity index (χ1v) is 9.11. The van der Waals surface area contributed by atoms with Gasteiger partial charge in [0.15, 0.2) is 0 Å². The van der Waals surface area contributed by atoms with E-state index in [0.717, 1.165) is 22.9 Å². The maximum Gasteiger partial charge on any atom is 0.268 e. The summed E-state index contributed by atoms with van der Waals surface area (Å²) >= 11 is 0. The molecule has 3 aromatic rings. The normalized spacial score (nSPS) is 11.0. The molecule has 142 valence electrons. The van der Waals surface area contributed by atoms with Gasteiger partial charge in [-0.2, -0.15) is 0 Å². The summed E-state index contributed by atoms with van der Waals surface area (Å²) in [7, 11) is 3.21. The lowest BCUT2D eigenvalue weighted by Gasteiger charge is -2.13. The monoisotopic (exact) mass is 366 g/mol. The second kappa shape index (κ2) is 8.16. The van der Waals surface area contributed by atoms with E-state index in [4.69, 9.17) is 9.47 Å². The minimum Gasteiger partial charge on any atom is -0.496 e. The fourth-order valence-electron chi connectivity index (χ4n) is 3.27. The summed E-state index contributed by atoms with van der Waals surface area (Å²) in [6.07, 6.45) is 1.02. The van der Waals surface area contributed by atoms with Gasteiger partial charge < -0.3 is 19.8 Å². The summed E-state index contributed by atoms with van der Waals surface area (Å²) in [5.41, 5.74) is 3.59. The first-order valence-electron chi connectivity index (χ1n) is 9.11. The highest BCUT2D eigenvalue weighted by Gasteiger charge is 2.14. The molecule has 5 heteroatoms. The Morgan fingerprint density at radius 1 is 1.07 bits per heavy atom. The molecular weight excluding hydrogens is 340 g/mol. The van der Waals surface area contributed by atoms with Crippen molar-refractivity contribution < 1.29 is 14.3 Å². The molecule has 0 aliphatic rings. The first kappa shape index (κ1) is 18.8. The number of carbonyl (C=O) groups is 1. The van der Waals surface area contributed by atoms with Crippen molar-refractivity contribution in [3.05, 3.63) is 59.3 Å². The van der Waals surface area contributed by atoms with Gasteiger partial charge in [0.2, 0.25) is 0 Å². The van der Waals surface area contributed by atoms with Crippen LogP contribution in [0.2, 0.25) is 0 Å². The van der Waals surface area contributed by atoms with Crippen molar-refractivity contribution in [1.82, 2.24) is 10.3 Å². The molecule has 0 bridgehead atoms. The number of H-pyrrole nitrogens is 1. The predicted molar refractivity (Wildman–Crippen MR) is 108 cm³/mol. The van der Waals surface area contributed by atoms with Crippen LogP contribution < -0.4 is 14.8 Å². The van der Waals surface area contributed by atoms with Gasteiger partial charge in [0.25, 0.3) is 5.91 Å². The van der Waals surface area contributed by atoms with Gasteiger partial charge in [-0.25, -0.2) is 0 Å². The molecule has 1 heterocycles. The Bertz CT molecular complexity index is 922. The fourth-order valence-corrected chi connectivity index (χ4v) is 3.27. The van der Waals surface area contributed by atoms with Crippen LogP contribution in [-0.2, 0) is 13.0 Å². The molecular formula is C22H26N2O3. The van der Waals surface area contributed by atoms with Crippen LogP contribution in [0.1, 0.15) is 35.5 Å². The molecule has 3 rings (SSSR count). The van der Waals surface area contributed by atoms with E-state index in [2.05, 4.69) is 36.3 Å². The number of amides is 1. The molecule has 0 fully saturated rings. The average Bonchev–Trinajstić information content (AvgIpc) is 3.08. The van der Waals surface area contributed by atoms with Crippen LogP contribution >= 0.6 is 0 Å². The SMILES string of the molecule is COc1cccc(OC)c1CNC(=O)c1cc2cc(CC(C)C)ccc2[nH]1. The summed E-state index contributed by atoms with van der Waals surface area (Å²) in [4.78, 5) is 15.8. The van der Waals surface area contributed by atoms with E-state index in [0.29, 0.717) is 29.7 Å². The Morgan fingerprint density at radius 2 is 1.78 bits per heavy atom. The molecule has 27 heavy (non-hydrogen) atoms. The van der Waals surface area contributed by atoms with E-state index in [1.807, 2.05) is 30.3 Å². The second-order valence-corrected chi connectivity index (χ2v) is 7.03. The van der Waals surface area contributed by atoms with Crippen LogP contribution in [0.25, 0.3) is 10.9 Å². The van der Waals surface area contributed by atoms with Gasteiger partial charge in [0.05, 0.1) is 26.3 Å². The molecule has 0 atom stereocenters. The fraction of sp³-hybridized carbons (Fsp3) is 0.318. The van der Waals surface area contributed by atoms with Crippen molar-refractivity contribution in [2.45, 2.75) is 26.8 Å². The maximum atomic E-state index is 12.6. The molecule has 0 aliphatic heterocycles. The topological polar surface area (TPSA) is 63.4 Å². The quantitative estimate of drug-likeness (QED) is 0.655. The van der Waals surface area contributed by atoms with Crippen molar-refractivity contribution >= 4 is 16.8 Å². The van der Waals surface area contributed by atoms with Gasteiger partial charge >= 0.3 is 0 Å². The van der Waals surface area contributed by atoms with Crippen LogP contribution in [0.3, 0.4) is 0 Å². The van der Waals surface area contributed by atoms with E-state index < -0.39 is 0 Å². The Kier molecular flexibility index (Phi) is 5.69. The zero-order valence-electron chi connectivity index (χ0n) is 16.3. The van der Waals surface area contributed by atoms with Crippen molar-refractivity contribution in [1.29, 1.82) is 0 Å². The standard InChI is InChI=1S/C22H26N2O3/c1-14(2)10-15-8-9-18-16(11-15)12-19(24-18)22(25)23-13-17-20(26-3)6-5-7-21(17)27-4/h5-9,11-12,14,24H,10,13H2,1-4H3,(H,23,25). The molecule has 0 radical (unpaired) electrons. The number of aromatic nitrogens is 1. The van der Waals surface area contributed by atoms with E-state index in [1.165, 1.54) is 5.56 Å². The number of methoxy groups -OCH3 is 2. The molecule has 5 nitrogen and oxygen atoms in total. The molecule has 0 unspecified atom stereocenters. The summed E-state index contributed by atoms with van der Waals surface area (Å²) in [6, 6.07) is 13.7. The lowest BCUT2D eigenvalue weighted by atomic mass is 10.0. The van der Waals surface area contributed by atoms with Crippen molar-refractivity contribution in [2.75, 3.05) is 14.2 Å². The zero-order chi connectivity index (χ0) is 19.4. The predicted octanol–water partition coefficient (Wildman–Crippen LogP) is 4.31. The lowest BCUT2D eigenvalue weighted by Crippen LogP contribution is -2.23. The minimum absolute atomic E-state index is 0.162. The summed E-state index contributed by atoms with van der Waals surface area (Å²) in [5.74, 6) is 1.80. The second-order valence-electron chi connectivity index (χ2n) is 7.03. The Labute approximate surface area is 159 Å². The van der Waals surface area contributed by atoms with E-state index in [1.54, 1.807) is 14.2 Å². The van der Waals surface area contributed by atoms with Gasteiger partial charge in [-0.3, -0.25) is 4.79 Å². The third kappa shape index (κ3) is 4.25. The number of aromatic amines is 1. The molecule has 0 spiro atoms. The first-order chi connectivity index (χ1) is 13.0. The van der Waals surface area contributed by atoms with E-state index in [9.17, 15) is 4.79 Å². The molecule has 1 aromatic heterocycles. The number of benzene rings is 2. The molecule has 0 saturated carbocycles. The van der Waals surface area contributed by atoms with Crippen LogP contribution in [0.5, 0.6) is 11.5 Å². The van der Waals surface area contributed by atoms with Crippen molar-refractivity contribution in [3.63, 3.8) is 0 Å². The summed E-state index contributed by atoms with van der Waals surface area (Å²) in [6.45, 7) is 4.72. The van der Waals surface area contributed by atoms with Gasteiger partial charge in [0.1, 0.15) is 17.2 Å². The number of hydrogen-bond acceptors (Lipinski definition) is 3. The number of ether oxygens (including phenoxy) is 2. The van der Waals surface area contributed by atoms with Crippen LogP contribution in [0, 0.1) is 5.92 Å². The van der Waals surface area contributed by atoms with Gasteiger partial charge in [-0.05, 0) is 48.2 Å². The largest absolute Gasteiger partial charge is 0.496 e. The number of carbonyl (C=O) groups excluding carboxylic acids is 1. The van der Waals surface area contributed by atoms with E-state index in [-0.39, 0.29) is 5.91 Å². The van der Waals surface area contributed by atoms with Gasteiger partial charge in [-0.1, -0.05) is 26.0 Å². The number of fused-ring (bicyclic) bond motifs is 1. The van der Waals surface area contributed by atoms with Crippen LogP contribution in [-0.4, -0.2) is 25.1 Å². The van der Waals surface area contributed by atoms with Crippen LogP contribution in [0.15, 0.2) is 42.5 Å². The maximum absolute atomic E-state index is 12.6. The Hall–Kier alpha value is -2.95. The third-order valence-electron chi connectivity index (χ3n) is 4.53. The molecule has 0 saturated heterocycles. The molecule has 2 aromatic carbocycles. The van der Waals surface area contributed by atoms with Crippen LogP contribution in [0.4, 0.5) is 0 Å². The highest BCUT2D eigenvalue weighted by molar-refractivity contribution is 5.98. The Balaban J connectivity index is 1.77. The smallest absolute Gasteiger partial charge is 0.268 e. The summed E-state index contributed by atoms with van der Waals surface area (Å²) in [5, 5.41) is 3.99. The lowest BCUT2D eigenvalue weighted by molar-refractivity contribution is 0.0946. The average molecular weight is 366 g/mol. The number of hydrogen-bond donors (Lipinski definition) is 2. The highest BCUT2D eigenvalue weighted by atomic mass is 16.5. The molecule has 2 N–H and O–H groups in total. The summed E-state index contributed by atoms with van der Waals surface area (Å²) < 4.78 is 10.8. The third-order valence-corrected chi connectivity index (χ3v) is 4.53. The number of rotatable bonds is 7. The number of nitrogens with one attached hydrogen (secondary N) is 2. The van der Waals surface area contributed by atoms with Crippen molar-refractivity contribution in [3.8, 4) is 11.5 Å². The van der Waals surface area contributed by atoms with Crippen molar-refractivity contribution in [2.24, 2.45) is 5.92 Å². The zero-order valence-corrected chi connectivity index (χ0v) is 16.3. The molecule has 1 amide bonds. The van der Waals surface area contributed by atoms with E-state index >= 15 is 0 Å².